The Kier molecular flexibility index (Phi) is 6.94. The molecule has 0 amide bonds. The van der Waals surface area contributed by atoms with Crippen LogP contribution in [0.15, 0.2) is 0 Å². The van der Waals surface area contributed by atoms with Crippen molar-refractivity contribution in [1.29, 1.82) is 0 Å². The maximum absolute atomic E-state index is 11.4. The van der Waals surface area contributed by atoms with Gasteiger partial charge in [-0.05, 0) is 33.2 Å². The molecule has 0 aromatic carbocycles. The Morgan fingerprint density at radius 1 is 1.40 bits per heavy atom. The van der Waals surface area contributed by atoms with Gasteiger partial charge in [0.2, 0.25) is 0 Å². The zero-order valence-electron chi connectivity index (χ0n) is 9.86. The van der Waals surface area contributed by atoms with Crippen LogP contribution >= 0.6 is 12.4 Å². The minimum absolute atomic E-state index is 0. The van der Waals surface area contributed by atoms with Crippen LogP contribution in [0.5, 0.6) is 0 Å². The molecule has 15 heavy (non-hydrogen) atoms. The molecular formula is C11H22ClNO2. The second kappa shape index (κ2) is 7.07. The van der Waals surface area contributed by atoms with E-state index in [9.17, 15) is 4.79 Å². The third kappa shape index (κ3) is 3.99. The number of hydrogen-bond acceptors (Lipinski definition) is 3. The van der Waals surface area contributed by atoms with Crippen LogP contribution in [0.2, 0.25) is 0 Å². The summed E-state index contributed by atoms with van der Waals surface area (Å²) in [7, 11) is 1.46. The molecule has 4 heteroatoms. The van der Waals surface area contributed by atoms with E-state index in [0.29, 0.717) is 6.04 Å². The summed E-state index contributed by atoms with van der Waals surface area (Å²) in [5.41, 5.74) is 0. The third-order valence-electron chi connectivity index (χ3n) is 3.14. The number of hydrogen-bond donors (Lipinski definition) is 0. The third-order valence-corrected chi connectivity index (χ3v) is 3.14. The molecular weight excluding hydrogens is 214 g/mol. The van der Waals surface area contributed by atoms with E-state index in [1.54, 1.807) is 0 Å². The minimum Gasteiger partial charge on any atom is -0.468 e. The SMILES string of the molecule is COC(=O)C(C)N1CCCCCC1C.Cl. The topological polar surface area (TPSA) is 29.5 Å². The van der Waals surface area contributed by atoms with Crippen LogP contribution in [-0.4, -0.2) is 36.6 Å². The highest BCUT2D eigenvalue weighted by atomic mass is 35.5. The molecule has 2 unspecified atom stereocenters. The molecule has 2 atom stereocenters. The summed E-state index contributed by atoms with van der Waals surface area (Å²) >= 11 is 0. The van der Waals surface area contributed by atoms with Crippen molar-refractivity contribution in [1.82, 2.24) is 4.90 Å². The Hall–Kier alpha value is -0.280. The molecule has 1 saturated heterocycles. The lowest BCUT2D eigenvalue weighted by molar-refractivity contribution is -0.147. The molecule has 1 fully saturated rings. The monoisotopic (exact) mass is 235 g/mol. The maximum atomic E-state index is 11.4. The number of likely N-dealkylation sites (tertiary alicyclic amines) is 1. The molecule has 1 rings (SSSR count). The predicted octanol–water partition coefficient (Wildman–Crippen LogP) is 2.23. The summed E-state index contributed by atoms with van der Waals surface area (Å²) in [6, 6.07) is 0.416. The van der Waals surface area contributed by atoms with Crippen molar-refractivity contribution in [2.75, 3.05) is 13.7 Å². The molecule has 0 aliphatic carbocycles. The highest BCUT2D eigenvalue weighted by Gasteiger charge is 2.26. The van der Waals surface area contributed by atoms with Crippen molar-refractivity contribution in [3.8, 4) is 0 Å². The molecule has 0 saturated carbocycles. The molecule has 0 radical (unpaired) electrons. The maximum Gasteiger partial charge on any atom is 0.322 e. The molecule has 0 aromatic rings. The first-order valence-corrected chi connectivity index (χ1v) is 5.50. The Morgan fingerprint density at radius 2 is 2.07 bits per heavy atom. The van der Waals surface area contributed by atoms with E-state index in [4.69, 9.17) is 4.74 Å². The molecule has 90 valence electrons. The van der Waals surface area contributed by atoms with Crippen molar-refractivity contribution < 1.29 is 9.53 Å². The Morgan fingerprint density at radius 3 is 2.67 bits per heavy atom. The second-order valence-corrected chi connectivity index (χ2v) is 4.14. The van der Waals surface area contributed by atoms with Crippen LogP contribution in [0.1, 0.15) is 39.5 Å². The summed E-state index contributed by atoms with van der Waals surface area (Å²) in [6.07, 6.45) is 4.97. The van der Waals surface area contributed by atoms with Crippen molar-refractivity contribution in [3.63, 3.8) is 0 Å². The van der Waals surface area contributed by atoms with Gasteiger partial charge in [0.15, 0.2) is 0 Å². The number of ether oxygens (including phenoxy) is 1. The Bertz CT molecular complexity index is 199. The molecule has 0 bridgehead atoms. The van der Waals surface area contributed by atoms with Gasteiger partial charge in [-0.15, -0.1) is 12.4 Å². The normalized spacial score (nSPS) is 24.9. The van der Waals surface area contributed by atoms with Gasteiger partial charge < -0.3 is 4.74 Å². The van der Waals surface area contributed by atoms with Crippen LogP contribution in [0.3, 0.4) is 0 Å². The number of rotatable bonds is 2. The molecule has 1 heterocycles. The van der Waals surface area contributed by atoms with Crippen LogP contribution in [0.4, 0.5) is 0 Å². The molecule has 0 aromatic heterocycles. The fourth-order valence-corrected chi connectivity index (χ4v) is 2.18. The van der Waals surface area contributed by atoms with E-state index in [0.717, 1.165) is 6.54 Å². The second-order valence-electron chi connectivity index (χ2n) is 4.14. The van der Waals surface area contributed by atoms with Gasteiger partial charge in [0.05, 0.1) is 7.11 Å². The lowest BCUT2D eigenvalue weighted by Gasteiger charge is -2.31. The van der Waals surface area contributed by atoms with Crippen LogP contribution < -0.4 is 0 Å². The first-order valence-electron chi connectivity index (χ1n) is 5.50. The van der Waals surface area contributed by atoms with Gasteiger partial charge in [-0.2, -0.15) is 0 Å². The first-order chi connectivity index (χ1) is 6.66. The standard InChI is InChI=1S/C11H21NO2.ClH/c1-9-7-5-4-6-8-12(9)10(2)11(13)14-3;/h9-10H,4-8H2,1-3H3;1H. The number of carbonyl (C=O) groups is 1. The van der Waals surface area contributed by atoms with Gasteiger partial charge >= 0.3 is 5.97 Å². The van der Waals surface area contributed by atoms with Gasteiger partial charge in [-0.3, -0.25) is 9.69 Å². The van der Waals surface area contributed by atoms with Gasteiger partial charge in [-0.25, -0.2) is 0 Å². The van der Waals surface area contributed by atoms with E-state index in [-0.39, 0.29) is 24.4 Å². The van der Waals surface area contributed by atoms with E-state index in [1.807, 2.05) is 6.92 Å². The smallest absolute Gasteiger partial charge is 0.322 e. The van der Waals surface area contributed by atoms with E-state index < -0.39 is 0 Å². The lowest BCUT2D eigenvalue weighted by atomic mass is 10.1. The average Bonchev–Trinajstić information content (AvgIpc) is 2.40. The molecule has 1 aliphatic rings. The largest absolute Gasteiger partial charge is 0.468 e. The van der Waals surface area contributed by atoms with Gasteiger partial charge in [0, 0.05) is 6.04 Å². The predicted molar refractivity (Wildman–Crippen MR) is 63.4 cm³/mol. The zero-order chi connectivity index (χ0) is 10.6. The summed E-state index contributed by atoms with van der Waals surface area (Å²) in [6.45, 7) is 5.16. The summed E-state index contributed by atoms with van der Waals surface area (Å²) in [5, 5.41) is 0. The minimum atomic E-state index is -0.112. The van der Waals surface area contributed by atoms with Crippen LogP contribution in [0.25, 0.3) is 0 Å². The molecule has 3 nitrogen and oxygen atoms in total. The van der Waals surface area contributed by atoms with E-state index in [2.05, 4.69) is 11.8 Å². The molecule has 0 spiro atoms. The van der Waals surface area contributed by atoms with Crippen LogP contribution in [0, 0.1) is 0 Å². The number of halogens is 1. The Labute approximate surface area is 98.6 Å². The highest BCUT2D eigenvalue weighted by molar-refractivity contribution is 5.85. The number of nitrogens with zero attached hydrogens (tertiary/aromatic N) is 1. The molecule has 1 aliphatic heterocycles. The number of methoxy groups -OCH3 is 1. The van der Waals surface area contributed by atoms with Gasteiger partial charge in [0.1, 0.15) is 6.04 Å². The van der Waals surface area contributed by atoms with Crippen molar-refractivity contribution in [3.05, 3.63) is 0 Å². The van der Waals surface area contributed by atoms with Gasteiger partial charge in [-0.1, -0.05) is 12.8 Å². The van der Waals surface area contributed by atoms with E-state index >= 15 is 0 Å². The van der Waals surface area contributed by atoms with E-state index in [1.165, 1.54) is 32.8 Å². The lowest BCUT2D eigenvalue weighted by Crippen LogP contribution is -2.44. The number of esters is 1. The first kappa shape index (κ1) is 14.7. The summed E-state index contributed by atoms with van der Waals surface area (Å²) < 4.78 is 4.77. The summed E-state index contributed by atoms with van der Waals surface area (Å²) in [4.78, 5) is 13.7. The van der Waals surface area contributed by atoms with Gasteiger partial charge in [0.25, 0.3) is 0 Å². The Balaban J connectivity index is 0.00000196. The fourth-order valence-electron chi connectivity index (χ4n) is 2.18. The van der Waals surface area contributed by atoms with Crippen molar-refractivity contribution in [2.24, 2.45) is 0 Å². The van der Waals surface area contributed by atoms with Crippen molar-refractivity contribution in [2.45, 2.75) is 51.6 Å². The zero-order valence-corrected chi connectivity index (χ0v) is 10.7. The van der Waals surface area contributed by atoms with Crippen LogP contribution in [-0.2, 0) is 9.53 Å². The average molecular weight is 236 g/mol. The quantitative estimate of drug-likeness (QED) is 0.688. The van der Waals surface area contributed by atoms with Crippen molar-refractivity contribution >= 4 is 18.4 Å². The fraction of sp³-hybridized carbons (Fsp3) is 0.909. The highest BCUT2D eigenvalue weighted by Crippen LogP contribution is 2.19. The number of carbonyl (C=O) groups excluding carboxylic acids is 1. The molecule has 0 N–H and O–H groups in total. The summed E-state index contributed by atoms with van der Waals surface area (Å²) in [5.74, 6) is -0.112.